The van der Waals surface area contributed by atoms with Gasteiger partial charge in [0.15, 0.2) is 0 Å². The summed E-state index contributed by atoms with van der Waals surface area (Å²) in [6, 6.07) is 4.44. The van der Waals surface area contributed by atoms with Gasteiger partial charge in [-0.25, -0.2) is 5.84 Å². The maximum Gasteiger partial charge on any atom is 0.144 e. The summed E-state index contributed by atoms with van der Waals surface area (Å²) in [7, 11) is 0. The Balaban J connectivity index is 2.23. The first-order valence-corrected chi connectivity index (χ1v) is 6.69. The Morgan fingerprint density at radius 3 is 2.61 bits per heavy atom. The van der Waals surface area contributed by atoms with Gasteiger partial charge in [-0.05, 0) is 38.8 Å². The van der Waals surface area contributed by atoms with E-state index in [0.717, 1.165) is 22.8 Å². The van der Waals surface area contributed by atoms with E-state index >= 15 is 0 Å². The molecule has 98 valence electrons. The number of nitrogens with two attached hydrogens (primary N) is 1. The normalized spacial score (nSPS) is 17.8. The molecule has 0 aliphatic heterocycles. The number of aryl methyl sites for hydroxylation is 2. The minimum Gasteiger partial charge on any atom is -0.308 e. The van der Waals surface area contributed by atoms with Gasteiger partial charge in [-0.3, -0.25) is 9.98 Å². The molecule has 1 aromatic heterocycles. The highest BCUT2D eigenvalue weighted by Crippen LogP contribution is 2.21. The van der Waals surface area contributed by atoms with Gasteiger partial charge in [0.05, 0.1) is 6.04 Å². The summed E-state index contributed by atoms with van der Waals surface area (Å²) in [4.78, 5) is 9.21. The van der Waals surface area contributed by atoms with E-state index in [2.05, 4.69) is 10.4 Å². The minimum atomic E-state index is 0.408. The van der Waals surface area contributed by atoms with E-state index < -0.39 is 0 Å². The number of aromatic nitrogens is 1. The highest BCUT2D eigenvalue weighted by atomic mass is 15.3. The molecule has 3 N–H and O–H groups in total. The van der Waals surface area contributed by atoms with E-state index in [1.165, 1.54) is 32.1 Å². The number of hydrogen-bond donors (Lipinski definition) is 2. The highest BCUT2D eigenvalue weighted by molar-refractivity contribution is 5.99. The Hall–Kier alpha value is -1.42. The zero-order valence-corrected chi connectivity index (χ0v) is 11.2. The molecule has 1 aromatic rings. The van der Waals surface area contributed by atoms with Crippen LogP contribution in [0.25, 0.3) is 0 Å². The fourth-order valence-electron chi connectivity index (χ4n) is 2.51. The third-order valence-corrected chi connectivity index (χ3v) is 3.50. The van der Waals surface area contributed by atoms with Crippen LogP contribution in [0.2, 0.25) is 0 Å². The molecule has 0 amide bonds. The van der Waals surface area contributed by atoms with Gasteiger partial charge in [-0.1, -0.05) is 19.3 Å². The number of hydrogen-bond acceptors (Lipinski definition) is 3. The molecule has 0 bridgehead atoms. The quantitative estimate of drug-likeness (QED) is 0.364. The second-order valence-corrected chi connectivity index (χ2v) is 5.00. The average Bonchev–Trinajstić information content (AvgIpc) is 2.38. The Kier molecular flexibility index (Phi) is 4.31. The second kappa shape index (κ2) is 5.96. The van der Waals surface area contributed by atoms with Gasteiger partial charge >= 0.3 is 0 Å². The lowest BCUT2D eigenvalue weighted by molar-refractivity contribution is 0.442. The number of rotatable bonds is 2. The smallest absolute Gasteiger partial charge is 0.144 e. The molecule has 4 nitrogen and oxygen atoms in total. The fraction of sp³-hybridized carbons (Fsp3) is 0.571. The maximum atomic E-state index is 5.62. The van der Waals surface area contributed by atoms with Crippen molar-refractivity contribution >= 4 is 5.84 Å². The SMILES string of the molecule is Cc1ccc(C(=NC2CCCCC2)NN)c(C)n1. The van der Waals surface area contributed by atoms with Gasteiger partial charge in [0.1, 0.15) is 5.84 Å². The molecule has 0 atom stereocenters. The van der Waals surface area contributed by atoms with E-state index in [9.17, 15) is 0 Å². The lowest BCUT2D eigenvalue weighted by Gasteiger charge is -2.19. The van der Waals surface area contributed by atoms with Gasteiger partial charge in [0.25, 0.3) is 0 Å². The molecule has 1 heterocycles. The van der Waals surface area contributed by atoms with Crippen molar-refractivity contribution < 1.29 is 0 Å². The summed E-state index contributed by atoms with van der Waals surface area (Å²) in [6.07, 6.45) is 6.23. The van der Waals surface area contributed by atoms with E-state index in [4.69, 9.17) is 10.8 Å². The lowest BCUT2D eigenvalue weighted by atomic mass is 9.96. The van der Waals surface area contributed by atoms with Crippen LogP contribution in [-0.2, 0) is 0 Å². The van der Waals surface area contributed by atoms with Crippen molar-refractivity contribution in [1.29, 1.82) is 0 Å². The molecule has 1 fully saturated rings. The first kappa shape index (κ1) is 13.0. The number of amidine groups is 1. The number of hydrazine groups is 1. The summed E-state index contributed by atoms with van der Waals surface area (Å²) in [5, 5.41) is 0. The average molecular weight is 246 g/mol. The van der Waals surface area contributed by atoms with E-state index in [0.29, 0.717) is 6.04 Å². The van der Waals surface area contributed by atoms with Gasteiger partial charge in [0, 0.05) is 17.0 Å². The van der Waals surface area contributed by atoms with Crippen LogP contribution in [0.5, 0.6) is 0 Å². The maximum absolute atomic E-state index is 5.62. The van der Waals surface area contributed by atoms with Gasteiger partial charge in [0.2, 0.25) is 0 Å². The predicted molar refractivity (Wildman–Crippen MR) is 74.4 cm³/mol. The van der Waals surface area contributed by atoms with Crippen LogP contribution in [0.1, 0.15) is 49.1 Å². The molecule has 0 radical (unpaired) electrons. The van der Waals surface area contributed by atoms with Crippen LogP contribution >= 0.6 is 0 Å². The van der Waals surface area contributed by atoms with Crippen LogP contribution in [-0.4, -0.2) is 16.9 Å². The number of nitrogens with zero attached hydrogens (tertiary/aromatic N) is 2. The van der Waals surface area contributed by atoms with Crippen LogP contribution in [0, 0.1) is 13.8 Å². The zero-order valence-electron chi connectivity index (χ0n) is 11.2. The molecule has 2 rings (SSSR count). The van der Waals surface area contributed by atoms with E-state index in [1.54, 1.807) is 0 Å². The zero-order chi connectivity index (χ0) is 13.0. The Morgan fingerprint density at radius 2 is 2.00 bits per heavy atom. The van der Waals surface area contributed by atoms with Crippen molar-refractivity contribution in [2.24, 2.45) is 10.8 Å². The molecule has 4 heteroatoms. The molecule has 0 aromatic carbocycles. The molecule has 18 heavy (non-hydrogen) atoms. The predicted octanol–water partition coefficient (Wildman–Crippen LogP) is 2.24. The van der Waals surface area contributed by atoms with Crippen molar-refractivity contribution in [3.8, 4) is 0 Å². The monoisotopic (exact) mass is 246 g/mol. The van der Waals surface area contributed by atoms with Gasteiger partial charge < -0.3 is 5.43 Å². The van der Waals surface area contributed by atoms with Gasteiger partial charge in [-0.15, -0.1) is 0 Å². The minimum absolute atomic E-state index is 0.408. The molecular formula is C14H22N4. The second-order valence-electron chi connectivity index (χ2n) is 5.00. The Labute approximate surface area is 109 Å². The van der Waals surface area contributed by atoms with Gasteiger partial charge in [-0.2, -0.15) is 0 Å². The van der Waals surface area contributed by atoms with Crippen LogP contribution in [0.15, 0.2) is 17.1 Å². The molecule has 1 saturated carbocycles. The molecule has 1 aliphatic rings. The third-order valence-electron chi connectivity index (χ3n) is 3.50. The largest absolute Gasteiger partial charge is 0.308 e. The van der Waals surface area contributed by atoms with Crippen LogP contribution < -0.4 is 11.3 Å². The van der Waals surface area contributed by atoms with Crippen molar-refractivity contribution in [3.63, 3.8) is 0 Å². The van der Waals surface area contributed by atoms with E-state index in [-0.39, 0.29) is 0 Å². The van der Waals surface area contributed by atoms with Crippen LogP contribution in [0.3, 0.4) is 0 Å². The number of aliphatic imine (C=N–C) groups is 1. The van der Waals surface area contributed by atoms with E-state index in [1.807, 2.05) is 26.0 Å². The lowest BCUT2D eigenvalue weighted by Crippen LogP contribution is -2.33. The fourth-order valence-corrected chi connectivity index (χ4v) is 2.51. The highest BCUT2D eigenvalue weighted by Gasteiger charge is 2.14. The third kappa shape index (κ3) is 3.07. The Morgan fingerprint density at radius 1 is 1.28 bits per heavy atom. The Bertz CT molecular complexity index is 433. The summed E-state index contributed by atoms with van der Waals surface area (Å²) in [5.41, 5.74) is 5.74. The summed E-state index contributed by atoms with van der Waals surface area (Å²) in [6.45, 7) is 3.99. The molecule has 0 unspecified atom stereocenters. The van der Waals surface area contributed by atoms with Crippen LogP contribution in [0.4, 0.5) is 0 Å². The van der Waals surface area contributed by atoms with Crippen molar-refractivity contribution in [3.05, 3.63) is 29.1 Å². The molecular weight excluding hydrogens is 224 g/mol. The summed E-state index contributed by atoms with van der Waals surface area (Å²) in [5.74, 6) is 6.39. The van der Waals surface area contributed by atoms with Crippen molar-refractivity contribution in [2.75, 3.05) is 0 Å². The first-order chi connectivity index (χ1) is 8.70. The first-order valence-electron chi connectivity index (χ1n) is 6.69. The van der Waals surface area contributed by atoms with Crippen molar-refractivity contribution in [1.82, 2.24) is 10.4 Å². The molecule has 0 saturated heterocycles. The molecule has 1 aliphatic carbocycles. The standard InChI is InChI=1S/C14H22N4/c1-10-8-9-13(11(2)16-10)14(18-15)17-12-6-4-3-5-7-12/h8-9,12H,3-7,15H2,1-2H3,(H,17,18). The topological polar surface area (TPSA) is 63.3 Å². The molecule has 0 spiro atoms. The summed E-state index contributed by atoms with van der Waals surface area (Å²) < 4.78 is 0. The number of nitrogens with one attached hydrogen (secondary N) is 1. The van der Waals surface area contributed by atoms with Crippen molar-refractivity contribution in [2.45, 2.75) is 52.0 Å². The number of pyridine rings is 1. The summed E-state index contributed by atoms with van der Waals surface area (Å²) >= 11 is 0.